The maximum Gasteiger partial charge on any atom is 0.243 e. The lowest BCUT2D eigenvalue weighted by atomic mass is 10.2. The normalized spacial score (nSPS) is 14.8. The molecule has 0 bridgehead atoms. The number of ether oxygens (including phenoxy) is 1. The minimum atomic E-state index is -3.56. The molecule has 0 atom stereocenters. The van der Waals surface area contributed by atoms with Crippen LogP contribution in [0.15, 0.2) is 57.9 Å². The summed E-state index contributed by atoms with van der Waals surface area (Å²) < 4.78 is 37.2. The van der Waals surface area contributed by atoms with E-state index in [4.69, 9.17) is 20.9 Å². The number of aromatic nitrogens is 2. The van der Waals surface area contributed by atoms with Gasteiger partial charge in [-0.15, -0.1) is 0 Å². The molecular weight excluding hydrogens is 468 g/mol. The molecule has 1 aliphatic heterocycles. The Morgan fingerprint density at radius 1 is 1.06 bits per heavy atom. The van der Waals surface area contributed by atoms with E-state index in [1.54, 1.807) is 24.3 Å². The highest BCUT2D eigenvalue weighted by atomic mass is 35.5. The van der Waals surface area contributed by atoms with Gasteiger partial charge in [0.2, 0.25) is 27.6 Å². The number of benzene rings is 2. The predicted octanol–water partition coefficient (Wildman–Crippen LogP) is 3.37. The minimum absolute atomic E-state index is 0.184. The molecule has 33 heavy (non-hydrogen) atoms. The van der Waals surface area contributed by atoms with E-state index in [9.17, 15) is 13.2 Å². The number of sulfonamides is 1. The maximum atomic E-state index is 12.7. The first-order valence-corrected chi connectivity index (χ1v) is 12.3. The predicted molar refractivity (Wildman–Crippen MR) is 122 cm³/mol. The summed E-state index contributed by atoms with van der Waals surface area (Å²) in [5.74, 6) is 0.736. The Labute approximate surface area is 196 Å². The number of carbonyl (C=O) groups excluding carboxylic acids is 1. The number of morpholine rings is 1. The van der Waals surface area contributed by atoms with E-state index < -0.39 is 10.0 Å². The molecule has 1 saturated heterocycles. The lowest BCUT2D eigenvalue weighted by Crippen LogP contribution is -2.40. The lowest BCUT2D eigenvalue weighted by Gasteiger charge is -2.26. The summed E-state index contributed by atoms with van der Waals surface area (Å²) in [5, 5.41) is 7.36. The van der Waals surface area contributed by atoms with Crippen LogP contribution in [0.3, 0.4) is 0 Å². The van der Waals surface area contributed by atoms with Crippen LogP contribution in [-0.4, -0.2) is 55.1 Å². The number of anilines is 1. The van der Waals surface area contributed by atoms with Crippen molar-refractivity contribution in [1.82, 2.24) is 14.4 Å². The molecule has 1 aromatic heterocycles. The van der Waals surface area contributed by atoms with E-state index in [1.807, 2.05) is 12.1 Å². The Morgan fingerprint density at radius 2 is 1.76 bits per heavy atom. The summed E-state index contributed by atoms with van der Waals surface area (Å²) in [5.41, 5.74) is 1.33. The van der Waals surface area contributed by atoms with Gasteiger partial charge in [-0.3, -0.25) is 4.79 Å². The fourth-order valence-corrected chi connectivity index (χ4v) is 4.88. The monoisotopic (exact) mass is 490 g/mol. The van der Waals surface area contributed by atoms with E-state index in [-0.39, 0.29) is 17.2 Å². The number of aryl methyl sites for hydroxylation is 1. The fourth-order valence-electron chi connectivity index (χ4n) is 3.34. The Morgan fingerprint density at radius 3 is 2.45 bits per heavy atom. The summed E-state index contributed by atoms with van der Waals surface area (Å²) in [6, 6.07) is 13.3. The van der Waals surface area contributed by atoms with E-state index >= 15 is 0 Å². The first kappa shape index (κ1) is 23.4. The van der Waals surface area contributed by atoms with Gasteiger partial charge in [0.15, 0.2) is 0 Å². The van der Waals surface area contributed by atoms with Crippen LogP contribution in [0, 0.1) is 0 Å². The summed E-state index contributed by atoms with van der Waals surface area (Å²) in [6.45, 7) is 1.45. The summed E-state index contributed by atoms with van der Waals surface area (Å²) >= 11 is 5.89. The van der Waals surface area contributed by atoms with Gasteiger partial charge >= 0.3 is 0 Å². The van der Waals surface area contributed by atoms with Crippen molar-refractivity contribution in [3.8, 4) is 11.4 Å². The van der Waals surface area contributed by atoms with Crippen molar-refractivity contribution in [1.29, 1.82) is 0 Å². The van der Waals surface area contributed by atoms with Crippen molar-refractivity contribution >= 4 is 33.2 Å². The zero-order valence-corrected chi connectivity index (χ0v) is 19.3. The zero-order valence-electron chi connectivity index (χ0n) is 17.7. The molecule has 0 aliphatic carbocycles. The summed E-state index contributed by atoms with van der Waals surface area (Å²) in [6.07, 6.45) is 1.24. The molecule has 11 heteroatoms. The highest BCUT2D eigenvalue weighted by Gasteiger charge is 2.26. The zero-order chi connectivity index (χ0) is 23.3. The van der Waals surface area contributed by atoms with Gasteiger partial charge in [-0.25, -0.2) is 8.42 Å². The number of rotatable bonds is 8. The SMILES string of the molecule is O=C(CCCc1nc(-c2ccc(Cl)cc2)no1)Nc1ccc(S(=O)(=O)N2CCOCC2)cc1. The molecule has 1 amide bonds. The molecule has 3 aromatic rings. The average Bonchev–Trinajstić information content (AvgIpc) is 3.29. The smallest absolute Gasteiger partial charge is 0.243 e. The first-order chi connectivity index (χ1) is 15.9. The van der Waals surface area contributed by atoms with Crippen molar-refractivity contribution in [3.63, 3.8) is 0 Å². The first-order valence-electron chi connectivity index (χ1n) is 10.5. The van der Waals surface area contributed by atoms with Gasteiger partial charge in [0.05, 0.1) is 18.1 Å². The Balaban J connectivity index is 1.26. The third kappa shape index (κ3) is 5.97. The van der Waals surface area contributed by atoms with Crippen molar-refractivity contribution in [2.45, 2.75) is 24.2 Å². The van der Waals surface area contributed by atoms with Gasteiger partial charge < -0.3 is 14.6 Å². The molecule has 9 nitrogen and oxygen atoms in total. The molecule has 1 N–H and O–H groups in total. The van der Waals surface area contributed by atoms with Gasteiger partial charge in [0.25, 0.3) is 0 Å². The number of nitrogens with zero attached hydrogens (tertiary/aromatic N) is 3. The topological polar surface area (TPSA) is 115 Å². The third-order valence-corrected chi connectivity index (χ3v) is 7.28. The number of hydrogen-bond acceptors (Lipinski definition) is 7. The van der Waals surface area contributed by atoms with E-state index in [2.05, 4.69) is 15.5 Å². The van der Waals surface area contributed by atoms with Gasteiger partial charge in [-0.2, -0.15) is 9.29 Å². The second-order valence-corrected chi connectivity index (χ2v) is 9.84. The summed E-state index contributed by atoms with van der Waals surface area (Å²) in [7, 11) is -3.56. The second-order valence-electron chi connectivity index (χ2n) is 7.46. The fraction of sp³-hybridized carbons (Fsp3) is 0.318. The van der Waals surface area contributed by atoms with Crippen LogP contribution in [-0.2, 0) is 26.0 Å². The van der Waals surface area contributed by atoms with Crippen LogP contribution in [0.4, 0.5) is 5.69 Å². The Hall–Kier alpha value is -2.79. The molecule has 2 aromatic carbocycles. The minimum Gasteiger partial charge on any atom is -0.379 e. The number of carbonyl (C=O) groups is 1. The van der Waals surface area contributed by atoms with Crippen LogP contribution < -0.4 is 5.32 Å². The molecule has 0 radical (unpaired) electrons. The molecule has 174 valence electrons. The van der Waals surface area contributed by atoms with Crippen LogP contribution in [0.1, 0.15) is 18.7 Å². The van der Waals surface area contributed by atoms with Crippen molar-refractivity contribution in [3.05, 3.63) is 59.4 Å². The quantitative estimate of drug-likeness (QED) is 0.514. The molecule has 2 heterocycles. The molecular formula is C22H23ClN4O5S. The van der Waals surface area contributed by atoms with E-state index in [0.717, 1.165) is 5.56 Å². The number of hydrogen-bond donors (Lipinski definition) is 1. The van der Waals surface area contributed by atoms with Crippen LogP contribution in [0.25, 0.3) is 11.4 Å². The number of nitrogens with one attached hydrogen (secondary N) is 1. The summed E-state index contributed by atoms with van der Waals surface area (Å²) in [4.78, 5) is 16.8. The van der Waals surface area contributed by atoms with E-state index in [1.165, 1.54) is 16.4 Å². The highest BCUT2D eigenvalue weighted by Crippen LogP contribution is 2.21. The standard InChI is InChI=1S/C22H23ClN4O5S/c23-17-6-4-16(5-7-17)22-25-21(32-26-22)3-1-2-20(28)24-18-8-10-19(11-9-18)33(29,30)27-12-14-31-15-13-27/h4-11H,1-3,12-15H2,(H,24,28). The van der Waals surface area contributed by atoms with Gasteiger partial charge in [-0.1, -0.05) is 16.8 Å². The molecule has 1 fully saturated rings. The molecule has 0 unspecified atom stereocenters. The van der Waals surface area contributed by atoms with Gasteiger partial charge in [0, 0.05) is 42.2 Å². The van der Waals surface area contributed by atoms with Gasteiger partial charge in [0.1, 0.15) is 0 Å². The molecule has 1 aliphatic rings. The molecule has 0 spiro atoms. The van der Waals surface area contributed by atoms with Crippen LogP contribution >= 0.6 is 11.6 Å². The Bertz CT molecular complexity index is 1190. The largest absolute Gasteiger partial charge is 0.379 e. The van der Waals surface area contributed by atoms with Crippen LogP contribution in [0.5, 0.6) is 0 Å². The third-order valence-electron chi connectivity index (χ3n) is 5.11. The Kier molecular flexibility index (Phi) is 7.39. The van der Waals surface area contributed by atoms with Crippen molar-refractivity contribution in [2.75, 3.05) is 31.6 Å². The number of halogens is 1. The van der Waals surface area contributed by atoms with E-state index in [0.29, 0.717) is 61.6 Å². The second kappa shape index (κ2) is 10.4. The van der Waals surface area contributed by atoms with Crippen molar-refractivity contribution < 1.29 is 22.5 Å². The maximum absolute atomic E-state index is 12.7. The van der Waals surface area contributed by atoms with Gasteiger partial charge in [-0.05, 0) is 55.0 Å². The molecule has 0 saturated carbocycles. The highest BCUT2D eigenvalue weighted by molar-refractivity contribution is 7.89. The lowest BCUT2D eigenvalue weighted by molar-refractivity contribution is -0.116. The van der Waals surface area contributed by atoms with Crippen LogP contribution in [0.2, 0.25) is 5.02 Å². The number of amides is 1. The average molecular weight is 491 g/mol. The van der Waals surface area contributed by atoms with Crippen molar-refractivity contribution in [2.24, 2.45) is 0 Å². The molecule has 4 rings (SSSR count).